The largest absolute Gasteiger partial charge is 0.364 e. The van der Waals surface area contributed by atoms with Crippen LogP contribution in [-0.4, -0.2) is 41.5 Å². The summed E-state index contributed by atoms with van der Waals surface area (Å²) in [6.45, 7) is 4.12. The van der Waals surface area contributed by atoms with Gasteiger partial charge in [-0.25, -0.2) is 0 Å². The summed E-state index contributed by atoms with van der Waals surface area (Å²) in [6.07, 6.45) is 3.43. The number of aryl methyl sites for hydroxylation is 1. The molecule has 0 spiro atoms. The van der Waals surface area contributed by atoms with Crippen molar-refractivity contribution in [1.82, 2.24) is 20.7 Å². The molecular formula is C21H26N4O2. The molecule has 27 heavy (non-hydrogen) atoms. The maximum Gasteiger partial charge on any atom is 0.259 e. The lowest BCUT2D eigenvalue weighted by molar-refractivity contribution is 0.0668. The highest BCUT2D eigenvalue weighted by atomic mass is 16.2. The van der Waals surface area contributed by atoms with Gasteiger partial charge in [-0.15, -0.1) is 0 Å². The van der Waals surface area contributed by atoms with Crippen LogP contribution in [0.4, 0.5) is 0 Å². The Bertz CT molecular complexity index is 856. The molecular weight excluding hydrogens is 340 g/mol. The first-order chi connectivity index (χ1) is 13.1. The molecule has 3 N–H and O–H groups in total. The molecule has 6 heteroatoms. The highest BCUT2D eigenvalue weighted by Crippen LogP contribution is 2.32. The van der Waals surface area contributed by atoms with Crippen LogP contribution in [0, 0.1) is 12.8 Å². The van der Waals surface area contributed by atoms with Gasteiger partial charge in [0, 0.05) is 49.6 Å². The maximum absolute atomic E-state index is 12.7. The second-order valence-corrected chi connectivity index (χ2v) is 7.59. The van der Waals surface area contributed by atoms with Gasteiger partial charge in [0.15, 0.2) is 5.43 Å². The zero-order valence-corrected chi connectivity index (χ0v) is 15.6. The van der Waals surface area contributed by atoms with Crippen molar-refractivity contribution in [3.8, 4) is 0 Å². The van der Waals surface area contributed by atoms with E-state index in [1.807, 2.05) is 17.9 Å². The Labute approximate surface area is 158 Å². The number of piperidine rings is 1. The molecule has 4 rings (SSSR count). The van der Waals surface area contributed by atoms with Crippen molar-refractivity contribution in [3.05, 3.63) is 69.6 Å². The number of H-pyrrole nitrogens is 1. The first kappa shape index (κ1) is 17.9. The first-order valence-corrected chi connectivity index (χ1v) is 9.65. The molecule has 6 nitrogen and oxygen atoms in total. The highest BCUT2D eigenvalue weighted by molar-refractivity contribution is 5.93. The second kappa shape index (κ2) is 7.66. The quantitative estimate of drug-likeness (QED) is 0.774. The second-order valence-electron chi connectivity index (χ2n) is 7.59. The molecule has 2 aromatic rings. The van der Waals surface area contributed by atoms with Gasteiger partial charge in [0.2, 0.25) is 0 Å². The summed E-state index contributed by atoms with van der Waals surface area (Å²) in [5.74, 6) is 0.788. The molecule has 2 unspecified atom stereocenters. The van der Waals surface area contributed by atoms with E-state index < -0.39 is 0 Å². The van der Waals surface area contributed by atoms with Gasteiger partial charge in [0.1, 0.15) is 5.56 Å². The van der Waals surface area contributed by atoms with Crippen LogP contribution in [0.2, 0.25) is 0 Å². The lowest BCUT2D eigenvalue weighted by Gasteiger charge is -2.36. The first-order valence-electron chi connectivity index (χ1n) is 9.65. The van der Waals surface area contributed by atoms with Crippen molar-refractivity contribution in [2.45, 2.75) is 31.7 Å². The van der Waals surface area contributed by atoms with Gasteiger partial charge in [0.05, 0.1) is 0 Å². The van der Waals surface area contributed by atoms with Crippen LogP contribution in [0.5, 0.6) is 0 Å². The number of rotatable bonds is 3. The lowest BCUT2D eigenvalue weighted by atomic mass is 9.80. The summed E-state index contributed by atoms with van der Waals surface area (Å²) in [5, 5.41) is 0. The van der Waals surface area contributed by atoms with E-state index in [0.29, 0.717) is 31.0 Å². The highest BCUT2D eigenvalue weighted by Gasteiger charge is 2.37. The molecule has 0 bridgehead atoms. The predicted octanol–water partition coefficient (Wildman–Crippen LogP) is 1.80. The number of hydrogen-bond acceptors (Lipinski definition) is 4. The van der Waals surface area contributed by atoms with Crippen LogP contribution >= 0.6 is 0 Å². The molecule has 1 aromatic carbocycles. The topological polar surface area (TPSA) is 77.2 Å². The minimum Gasteiger partial charge on any atom is -0.364 e. The Morgan fingerprint density at radius 3 is 2.59 bits per heavy atom. The maximum atomic E-state index is 12.7. The van der Waals surface area contributed by atoms with E-state index in [-0.39, 0.29) is 16.9 Å². The predicted molar refractivity (Wildman–Crippen MR) is 105 cm³/mol. The zero-order chi connectivity index (χ0) is 18.8. The number of aromatic amines is 1. The normalized spacial score (nSPS) is 23.5. The Morgan fingerprint density at radius 2 is 1.89 bits per heavy atom. The van der Waals surface area contributed by atoms with Gasteiger partial charge in [-0.2, -0.15) is 0 Å². The van der Waals surface area contributed by atoms with E-state index in [1.54, 1.807) is 6.20 Å². The molecule has 0 aliphatic carbocycles. The minimum absolute atomic E-state index is 0.160. The fourth-order valence-electron chi connectivity index (χ4n) is 4.36. The zero-order valence-electron chi connectivity index (χ0n) is 15.6. The van der Waals surface area contributed by atoms with Crippen LogP contribution in [0.3, 0.4) is 0 Å². The van der Waals surface area contributed by atoms with Gasteiger partial charge in [0.25, 0.3) is 5.91 Å². The monoisotopic (exact) mass is 366 g/mol. The number of nitrogens with zero attached hydrogens (tertiary/aromatic N) is 1. The third-order valence-electron chi connectivity index (χ3n) is 5.87. The van der Waals surface area contributed by atoms with Crippen LogP contribution in [0.15, 0.2) is 47.4 Å². The van der Waals surface area contributed by atoms with E-state index in [4.69, 9.17) is 0 Å². The van der Waals surface area contributed by atoms with E-state index in [9.17, 15) is 9.59 Å². The van der Waals surface area contributed by atoms with Crippen LogP contribution < -0.4 is 16.3 Å². The summed E-state index contributed by atoms with van der Waals surface area (Å²) >= 11 is 0. The van der Waals surface area contributed by atoms with E-state index in [0.717, 1.165) is 25.1 Å². The van der Waals surface area contributed by atoms with Gasteiger partial charge in [-0.3, -0.25) is 20.4 Å². The van der Waals surface area contributed by atoms with Gasteiger partial charge >= 0.3 is 0 Å². The van der Waals surface area contributed by atoms with Crippen molar-refractivity contribution in [2.75, 3.05) is 19.6 Å². The van der Waals surface area contributed by atoms with Crippen molar-refractivity contribution in [3.63, 3.8) is 0 Å². The summed E-state index contributed by atoms with van der Waals surface area (Å²) in [4.78, 5) is 29.6. The van der Waals surface area contributed by atoms with Crippen molar-refractivity contribution < 1.29 is 4.79 Å². The van der Waals surface area contributed by atoms with Gasteiger partial charge in [-0.1, -0.05) is 30.3 Å². The fraction of sp³-hybridized carbons (Fsp3) is 0.429. The van der Waals surface area contributed by atoms with Gasteiger partial charge in [-0.05, 0) is 31.2 Å². The number of likely N-dealkylation sites (tertiary alicyclic amines) is 1. The van der Waals surface area contributed by atoms with Crippen molar-refractivity contribution in [1.29, 1.82) is 0 Å². The fourth-order valence-corrected chi connectivity index (χ4v) is 4.36. The molecule has 1 aromatic heterocycles. The number of aromatic nitrogens is 1. The number of benzene rings is 1. The SMILES string of the molecule is Cc1cc(=O)c(C(=O)N2CCC(C3NNCC3c3ccccc3)CC2)c[nH]1. The Balaban J connectivity index is 1.41. The van der Waals surface area contributed by atoms with Crippen LogP contribution in [0.1, 0.15) is 40.4 Å². The smallest absolute Gasteiger partial charge is 0.259 e. The van der Waals surface area contributed by atoms with E-state index in [2.05, 4.69) is 40.1 Å². The number of carbonyl (C=O) groups excluding carboxylic acids is 1. The van der Waals surface area contributed by atoms with Gasteiger partial charge < -0.3 is 9.88 Å². The lowest BCUT2D eigenvalue weighted by Crippen LogP contribution is -2.46. The summed E-state index contributed by atoms with van der Waals surface area (Å²) < 4.78 is 0. The molecule has 2 atom stereocenters. The van der Waals surface area contributed by atoms with Crippen LogP contribution in [0.25, 0.3) is 0 Å². The van der Waals surface area contributed by atoms with Crippen molar-refractivity contribution >= 4 is 5.91 Å². The third-order valence-corrected chi connectivity index (χ3v) is 5.87. The summed E-state index contributed by atoms with van der Waals surface area (Å²) in [5.41, 5.74) is 8.92. The average Bonchev–Trinajstić information content (AvgIpc) is 3.18. The molecule has 142 valence electrons. The number of pyridine rings is 1. The molecule has 1 amide bonds. The number of nitrogens with one attached hydrogen (secondary N) is 3. The number of hydrogen-bond donors (Lipinski definition) is 3. The minimum atomic E-state index is -0.204. The average molecular weight is 366 g/mol. The molecule has 0 radical (unpaired) electrons. The van der Waals surface area contributed by atoms with E-state index in [1.165, 1.54) is 11.6 Å². The summed E-state index contributed by atoms with van der Waals surface area (Å²) in [6, 6.07) is 12.5. The van der Waals surface area contributed by atoms with E-state index >= 15 is 0 Å². The van der Waals surface area contributed by atoms with Crippen molar-refractivity contribution in [2.24, 2.45) is 5.92 Å². The Kier molecular flexibility index (Phi) is 5.09. The molecule has 0 saturated carbocycles. The summed E-state index contributed by atoms with van der Waals surface area (Å²) in [7, 11) is 0. The molecule has 2 aliphatic rings. The number of amides is 1. The molecule has 3 heterocycles. The van der Waals surface area contributed by atoms with Crippen LogP contribution in [-0.2, 0) is 0 Å². The Morgan fingerprint density at radius 1 is 1.15 bits per heavy atom. The third kappa shape index (κ3) is 3.68. The number of carbonyl (C=O) groups is 1. The standard InChI is InChI=1S/C21H26N4O2/c1-14-11-19(26)18(12-22-14)21(27)25-9-7-16(8-10-25)20-17(13-23-24-20)15-5-3-2-4-6-15/h2-6,11-12,16-17,20,23-24H,7-10,13H2,1H3,(H,22,26). The molecule has 2 aliphatic heterocycles. The molecule has 2 fully saturated rings. The Hall–Kier alpha value is -2.44. The number of hydrazine groups is 1. The molecule has 2 saturated heterocycles.